The fourth-order valence-electron chi connectivity index (χ4n) is 8.04. The van der Waals surface area contributed by atoms with Crippen molar-refractivity contribution in [3.63, 3.8) is 0 Å². The van der Waals surface area contributed by atoms with Crippen LogP contribution in [0, 0.1) is 32.6 Å². The van der Waals surface area contributed by atoms with E-state index in [0.29, 0.717) is 105 Å². The molecule has 5 heterocycles. The number of amides is 2. The number of benzene rings is 2. The number of carboxylic acids is 2. The lowest BCUT2D eigenvalue weighted by Gasteiger charge is -2.28. The Kier molecular flexibility index (Phi) is 12.8. The predicted molar refractivity (Wildman–Crippen MR) is 217 cm³/mol. The van der Waals surface area contributed by atoms with Gasteiger partial charge in [-0.25, -0.2) is 9.97 Å². The van der Waals surface area contributed by atoms with E-state index in [1.165, 1.54) is 22.7 Å². The highest BCUT2D eigenvalue weighted by atomic mass is 32.1. The molecule has 0 radical (unpaired) electrons. The molecule has 0 bridgehead atoms. The lowest BCUT2D eigenvalue weighted by atomic mass is 9.92. The molecule has 2 fully saturated rings. The van der Waals surface area contributed by atoms with Crippen molar-refractivity contribution in [3.8, 4) is 11.1 Å². The van der Waals surface area contributed by atoms with Gasteiger partial charge in [0.15, 0.2) is 10.0 Å². The average molecular weight is 817 g/mol. The van der Waals surface area contributed by atoms with Crippen molar-refractivity contribution in [2.45, 2.75) is 78.0 Å². The summed E-state index contributed by atoms with van der Waals surface area (Å²) < 4.78 is 10.8. The zero-order valence-corrected chi connectivity index (χ0v) is 33.9. The number of nitrogens with zero attached hydrogens (tertiary/aromatic N) is 3. The van der Waals surface area contributed by atoms with Gasteiger partial charge in [0.05, 0.1) is 11.4 Å². The highest BCUT2D eigenvalue weighted by Crippen LogP contribution is 2.40. The van der Waals surface area contributed by atoms with Gasteiger partial charge in [-0.2, -0.15) is 0 Å². The van der Waals surface area contributed by atoms with Gasteiger partial charge in [0.1, 0.15) is 12.1 Å². The monoisotopic (exact) mass is 816 g/mol. The maximum Gasteiger partial charge on any atom is 0.320 e. The number of carbonyl (C=O) groups excluding carboxylic acids is 2. The molecule has 2 amide bonds. The van der Waals surface area contributed by atoms with Crippen molar-refractivity contribution in [1.82, 2.24) is 20.6 Å². The molecule has 2 aromatic carbocycles. The van der Waals surface area contributed by atoms with Gasteiger partial charge in [-0.05, 0) is 99.1 Å². The number of aryl methyl sites for hydroxylation is 2. The number of rotatable bonds is 14. The van der Waals surface area contributed by atoms with Crippen LogP contribution in [0.15, 0.2) is 36.4 Å². The number of nitrogens with one attached hydrogen (secondary N) is 3. The van der Waals surface area contributed by atoms with Crippen LogP contribution in [0.2, 0.25) is 0 Å². The van der Waals surface area contributed by atoms with Crippen LogP contribution in [-0.2, 0) is 38.6 Å². The second kappa shape index (κ2) is 17.9. The van der Waals surface area contributed by atoms with Crippen LogP contribution in [0.1, 0.15) is 77.6 Å². The molecule has 3 aliphatic heterocycles. The normalized spacial score (nSPS) is 17.3. The Hall–Kier alpha value is -4.58. The Morgan fingerprint density at radius 2 is 1.30 bits per heavy atom. The minimum atomic E-state index is -0.896. The Balaban J connectivity index is 1.03. The lowest BCUT2D eigenvalue weighted by Crippen LogP contribution is -2.44. The molecule has 16 heteroatoms. The van der Waals surface area contributed by atoms with Crippen LogP contribution in [0.5, 0.6) is 0 Å². The van der Waals surface area contributed by atoms with E-state index in [2.05, 4.69) is 25.9 Å². The maximum atomic E-state index is 14.0. The number of carboxylic acid groups (broad SMARTS) is 2. The first kappa shape index (κ1) is 40.6. The minimum absolute atomic E-state index is 0.0196. The summed E-state index contributed by atoms with van der Waals surface area (Å²) in [4.78, 5) is 64.1. The van der Waals surface area contributed by atoms with Gasteiger partial charge in [-0.3, -0.25) is 29.8 Å². The van der Waals surface area contributed by atoms with Crippen LogP contribution in [-0.4, -0.2) is 89.0 Å². The van der Waals surface area contributed by atoms with E-state index in [-0.39, 0.29) is 23.7 Å². The van der Waals surface area contributed by atoms with Gasteiger partial charge in [0, 0.05) is 67.2 Å². The van der Waals surface area contributed by atoms with Crippen molar-refractivity contribution >= 4 is 57.8 Å². The Bertz CT molecular complexity index is 2140. The van der Waals surface area contributed by atoms with Gasteiger partial charge in [0.25, 0.3) is 11.8 Å². The molecule has 2 atom stereocenters. The highest BCUT2D eigenvalue weighted by Gasteiger charge is 2.33. The molecule has 0 unspecified atom stereocenters. The third-order valence-electron chi connectivity index (χ3n) is 11.3. The summed E-state index contributed by atoms with van der Waals surface area (Å²) in [6.07, 6.45) is 3.38. The van der Waals surface area contributed by atoms with E-state index in [1.807, 2.05) is 57.2 Å². The second-order valence-electron chi connectivity index (χ2n) is 14.8. The summed E-state index contributed by atoms with van der Waals surface area (Å²) >= 11 is 2.54. The number of hydrogen-bond acceptors (Lipinski definition) is 12. The highest BCUT2D eigenvalue weighted by molar-refractivity contribution is 7.14. The first-order valence-electron chi connectivity index (χ1n) is 19.4. The molecule has 0 spiro atoms. The molecule has 5 N–H and O–H groups in total. The number of carbonyl (C=O) groups is 4. The van der Waals surface area contributed by atoms with Crippen molar-refractivity contribution in [2.24, 2.45) is 11.8 Å². The van der Waals surface area contributed by atoms with E-state index in [9.17, 15) is 29.4 Å². The zero-order chi connectivity index (χ0) is 40.2. The fourth-order valence-corrected chi connectivity index (χ4v) is 9.91. The quantitative estimate of drug-likeness (QED) is 0.106. The summed E-state index contributed by atoms with van der Waals surface area (Å²) in [6.45, 7) is 8.92. The van der Waals surface area contributed by atoms with Crippen molar-refractivity contribution in [3.05, 3.63) is 78.7 Å². The Labute approximate surface area is 339 Å². The predicted octanol–water partition coefficient (Wildman–Crippen LogP) is 5.59. The minimum Gasteiger partial charge on any atom is -0.480 e. The molecule has 2 saturated heterocycles. The number of aromatic nitrogens is 2. The van der Waals surface area contributed by atoms with Crippen LogP contribution in [0.4, 0.5) is 11.4 Å². The molecule has 302 valence electrons. The third kappa shape index (κ3) is 8.96. The average Bonchev–Trinajstić information content (AvgIpc) is 3.92. The number of ether oxygens (including phenoxy) is 2. The van der Waals surface area contributed by atoms with E-state index in [4.69, 9.17) is 9.47 Å². The number of fused-ring (bicyclic) bond motifs is 1. The zero-order valence-electron chi connectivity index (χ0n) is 32.3. The van der Waals surface area contributed by atoms with Crippen molar-refractivity contribution < 1.29 is 38.9 Å². The second-order valence-corrected chi connectivity index (χ2v) is 17.0. The largest absolute Gasteiger partial charge is 0.480 e. The third-order valence-corrected chi connectivity index (χ3v) is 13.6. The summed E-state index contributed by atoms with van der Waals surface area (Å²) in [6, 6.07) is 10.3. The van der Waals surface area contributed by atoms with Gasteiger partial charge in [0.2, 0.25) is 0 Å². The summed E-state index contributed by atoms with van der Waals surface area (Å²) in [5.41, 5.74) is 6.63. The molecule has 3 aliphatic rings. The first-order valence-corrected chi connectivity index (χ1v) is 21.0. The van der Waals surface area contributed by atoms with Crippen LogP contribution in [0.25, 0.3) is 11.1 Å². The molecule has 7 rings (SSSR count). The van der Waals surface area contributed by atoms with E-state index in [0.717, 1.165) is 37.7 Å². The summed E-state index contributed by atoms with van der Waals surface area (Å²) in [5, 5.41) is 29.8. The number of anilines is 2. The van der Waals surface area contributed by atoms with Crippen molar-refractivity contribution in [1.29, 1.82) is 0 Å². The molecule has 14 nitrogen and oxygen atoms in total. The lowest BCUT2D eigenvalue weighted by molar-refractivity contribution is -0.143. The van der Waals surface area contributed by atoms with Gasteiger partial charge in [-0.1, -0.05) is 24.3 Å². The van der Waals surface area contributed by atoms with E-state index < -0.39 is 24.0 Å². The summed E-state index contributed by atoms with van der Waals surface area (Å²) in [5.74, 6) is -2.37. The molecule has 2 aromatic heterocycles. The molecule has 0 saturated carbocycles. The van der Waals surface area contributed by atoms with Gasteiger partial charge < -0.3 is 29.9 Å². The van der Waals surface area contributed by atoms with Crippen molar-refractivity contribution in [2.75, 3.05) is 43.2 Å². The fraction of sp³-hybridized carbons (Fsp3) is 0.463. The van der Waals surface area contributed by atoms with Gasteiger partial charge in [-0.15, -0.1) is 22.7 Å². The van der Waals surface area contributed by atoms with E-state index >= 15 is 0 Å². The first-order chi connectivity index (χ1) is 27.5. The van der Waals surface area contributed by atoms with Crippen LogP contribution < -0.4 is 20.9 Å². The Morgan fingerprint density at radius 1 is 0.772 bits per heavy atom. The van der Waals surface area contributed by atoms with E-state index in [1.54, 1.807) is 4.90 Å². The molecule has 0 aliphatic carbocycles. The van der Waals surface area contributed by atoms with Gasteiger partial charge >= 0.3 is 11.9 Å². The molecule has 57 heavy (non-hydrogen) atoms. The summed E-state index contributed by atoms with van der Waals surface area (Å²) in [7, 11) is 0. The smallest absolute Gasteiger partial charge is 0.320 e. The number of aliphatic carboxylic acids is 2. The SMILES string of the molecule is Cc1nc(C(=O)Nc2cccc(-c3cccc4c3CCN4C(=O)c3nc(C)c(CN[C@H](C(=O)O)C4CCOCC4)s3)c2C)sc1CN[C@H](C(=O)O)C1CCOCC1. The van der Waals surface area contributed by atoms with Crippen LogP contribution >= 0.6 is 22.7 Å². The number of hydrogen-bond donors (Lipinski definition) is 5. The molecular formula is C41H48N6O8S2. The van der Waals surface area contributed by atoms with Crippen LogP contribution in [0.3, 0.4) is 0 Å². The topological polar surface area (TPSA) is 192 Å². The molecular weight excluding hydrogens is 769 g/mol. The standard InChI is InChI=1S/C41H48N6O8S2/c1-22-27(6-4-8-30(22)46-36(48)37-44-23(2)32(56-37)20-42-34(40(50)51)25-11-16-54-17-12-25)28-7-5-9-31-29(28)10-15-47(31)39(49)38-45-24(3)33(57-38)21-43-35(41(52)53)26-13-18-55-19-14-26/h4-9,25-26,34-35,42-43H,10-21H2,1-3H3,(H,46,48)(H,50,51)(H,52,53)/t34-,35-/m0/s1. The Morgan fingerprint density at radius 3 is 1.88 bits per heavy atom. The maximum absolute atomic E-state index is 14.0. The number of thiazole rings is 2. The molecule has 4 aromatic rings.